The monoisotopic (exact) mass is 1060 g/mol. The van der Waals surface area contributed by atoms with E-state index in [4.69, 9.17) is 64.8 Å². The number of phenols is 1. The molecule has 76 heavy (non-hydrogen) atoms. The molecule has 0 saturated heterocycles. The molecule has 1 atom stereocenters. The standard InChI is InChI=1S/2C12H14O5.C12H14O4.C11H12O4.C7H7NO3/c1-16-10-5-3-8(7-11(10)17-2)9(13)4-6-12(14)15;1-16-8-3-4-9(11(7-8)17-2)10(13)5-6-12(14)15;1-8(12(14)15)7-11(13)9-3-5-10(16-2)6-4-9;1-15-9-4-2-8(3-5-9)10(12)6-7-11(13)14;8-5-2-1-4(7(10)11)3-6(5)9/h3,5,7H,4,6H2,1-2H3,(H,14,15);3-4,7H,5-6H2,1-2H3,(H,14,15);3-6,8H,7H2,1-2H3,(H,14,15);2-5H,6-7H2,1H3,(H,13,14);1-3,9H,8H2,(H,10,11). The number of nitrogen functional groups attached to an aromatic ring is 1. The molecule has 22 nitrogen and oxygen atoms in total. The number of methoxy groups -OCH3 is 6. The van der Waals surface area contributed by atoms with Crippen molar-refractivity contribution >= 4 is 58.7 Å². The van der Waals surface area contributed by atoms with Gasteiger partial charge in [0.15, 0.2) is 34.6 Å². The number of carbonyl (C=O) groups is 9. The van der Waals surface area contributed by atoms with E-state index in [1.54, 1.807) is 99.1 Å². The maximum Gasteiger partial charge on any atom is 0.335 e. The molecule has 1 unspecified atom stereocenters. The van der Waals surface area contributed by atoms with E-state index in [9.17, 15) is 43.2 Å². The Morgan fingerprint density at radius 2 is 0.829 bits per heavy atom. The van der Waals surface area contributed by atoms with Crippen molar-refractivity contribution in [3.05, 3.63) is 131 Å². The second kappa shape index (κ2) is 34.0. The number of Topliss-reactive ketones (excluding diaryl/α,β-unsaturated/α-hetero) is 4. The number of carbonyl (C=O) groups excluding carboxylic acids is 4. The zero-order valence-electron chi connectivity index (χ0n) is 42.7. The summed E-state index contributed by atoms with van der Waals surface area (Å²) >= 11 is 0. The summed E-state index contributed by atoms with van der Waals surface area (Å²) < 4.78 is 30.1. The molecule has 5 rings (SSSR count). The van der Waals surface area contributed by atoms with E-state index in [-0.39, 0.29) is 85.1 Å². The number of anilines is 1. The zero-order valence-corrected chi connectivity index (χ0v) is 42.7. The van der Waals surface area contributed by atoms with E-state index in [1.807, 2.05) is 0 Å². The van der Waals surface area contributed by atoms with Crippen molar-refractivity contribution in [2.75, 3.05) is 48.4 Å². The predicted molar refractivity (Wildman–Crippen MR) is 274 cm³/mol. The number of ether oxygens (including phenoxy) is 6. The van der Waals surface area contributed by atoms with Crippen LogP contribution in [0.2, 0.25) is 0 Å². The first-order chi connectivity index (χ1) is 35.9. The maximum atomic E-state index is 11.7. The number of nitrogens with two attached hydrogens (primary N) is 1. The van der Waals surface area contributed by atoms with Crippen molar-refractivity contribution in [1.29, 1.82) is 0 Å². The van der Waals surface area contributed by atoms with Gasteiger partial charge in [0.25, 0.3) is 0 Å². The minimum atomic E-state index is -1.08. The van der Waals surface area contributed by atoms with Gasteiger partial charge in [0.2, 0.25) is 0 Å². The summed E-state index contributed by atoms with van der Waals surface area (Å²) in [6.45, 7) is 1.52. The van der Waals surface area contributed by atoms with Gasteiger partial charge in [-0.05, 0) is 97.1 Å². The summed E-state index contributed by atoms with van der Waals surface area (Å²) in [5, 5.41) is 51.5. The van der Waals surface area contributed by atoms with Gasteiger partial charge in [-0.25, -0.2) is 4.79 Å². The van der Waals surface area contributed by atoms with Gasteiger partial charge in [-0.2, -0.15) is 0 Å². The Balaban J connectivity index is 0.000000478. The molecule has 8 N–H and O–H groups in total. The van der Waals surface area contributed by atoms with E-state index >= 15 is 0 Å². The third kappa shape index (κ3) is 23.8. The number of carboxylic acid groups (broad SMARTS) is 5. The number of carboxylic acids is 5. The predicted octanol–water partition coefficient (Wildman–Crippen LogP) is 7.91. The van der Waals surface area contributed by atoms with Gasteiger partial charge >= 0.3 is 29.8 Å². The molecular weight excluding hydrogens is 999 g/mol. The first-order valence-electron chi connectivity index (χ1n) is 22.5. The van der Waals surface area contributed by atoms with Crippen molar-refractivity contribution in [3.63, 3.8) is 0 Å². The molecule has 0 aromatic heterocycles. The van der Waals surface area contributed by atoms with Crippen LogP contribution in [0.5, 0.6) is 40.2 Å². The molecule has 408 valence electrons. The lowest BCUT2D eigenvalue weighted by Gasteiger charge is -2.08. The van der Waals surface area contributed by atoms with Crippen molar-refractivity contribution in [2.24, 2.45) is 5.92 Å². The molecule has 0 bridgehead atoms. The van der Waals surface area contributed by atoms with Crippen molar-refractivity contribution < 1.29 is 102 Å². The van der Waals surface area contributed by atoms with Crippen LogP contribution in [0.15, 0.2) is 103 Å². The summed E-state index contributed by atoms with van der Waals surface area (Å²) in [5.41, 5.74) is 7.26. The van der Waals surface area contributed by atoms with Gasteiger partial charge in [0.05, 0.1) is 84.7 Å². The van der Waals surface area contributed by atoms with Crippen LogP contribution in [-0.4, -0.2) is 126 Å². The number of aliphatic carboxylic acids is 4. The van der Waals surface area contributed by atoms with Crippen molar-refractivity contribution in [2.45, 2.75) is 51.9 Å². The summed E-state index contributed by atoms with van der Waals surface area (Å²) in [7, 11) is 9.03. The van der Waals surface area contributed by atoms with Crippen molar-refractivity contribution in [1.82, 2.24) is 0 Å². The fourth-order valence-electron chi connectivity index (χ4n) is 5.84. The maximum absolute atomic E-state index is 11.7. The number of benzene rings is 5. The highest BCUT2D eigenvalue weighted by Gasteiger charge is 2.18. The fourth-order valence-corrected chi connectivity index (χ4v) is 5.84. The molecule has 5 aromatic carbocycles. The van der Waals surface area contributed by atoms with Crippen LogP contribution < -0.4 is 34.2 Å². The third-order valence-electron chi connectivity index (χ3n) is 10.1. The van der Waals surface area contributed by atoms with Gasteiger partial charge in [0.1, 0.15) is 28.7 Å². The highest BCUT2D eigenvalue weighted by molar-refractivity contribution is 6.01. The quantitative estimate of drug-likeness (QED) is 0.0185. The topological polar surface area (TPSA) is 356 Å². The molecule has 0 amide bonds. The molecule has 0 spiro atoms. The Morgan fingerprint density at radius 1 is 0.421 bits per heavy atom. The largest absolute Gasteiger partial charge is 0.506 e. The van der Waals surface area contributed by atoms with Crippen LogP contribution in [0, 0.1) is 5.92 Å². The Bertz CT molecular complexity index is 2750. The van der Waals surface area contributed by atoms with Crippen LogP contribution in [0.1, 0.15) is 104 Å². The third-order valence-corrected chi connectivity index (χ3v) is 10.1. The lowest BCUT2D eigenvalue weighted by molar-refractivity contribution is -0.141. The smallest absolute Gasteiger partial charge is 0.335 e. The Labute approximate surface area is 437 Å². The number of phenolic OH excluding ortho intramolecular Hbond substituents is 1. The number of aromatic carboxylic acids is 1. The van der Waals surface area contributed by atoms with E-state index in [1.165, 1.54) is 47.5 Å². The van der Waals surface area contributed by atoms with Crippen LogP contribution in [0.25, 0.3) is 0 Å². The SMILES string of the molecule is COc1ccc(C(=O)CC(C)C(=O)O)cc1.COc1ccc(C(=O)CCC(=O)O)c(OC)c1.COc1ccc(C(=O)CCC(=O)O)cc1.COc1ccc(C(=O)CCC(=O)O)cc1OC.Nc1ccc(C(=O)O)cc1O. The molecule has 0 aliphatic heterocycles. The van der Waals surface area contributed by atoms with E-state index in [0.717, 1.165) is 6.07 Å². The molecule has 0 saturated carbocycles. The van der Waals surface area contributed by atoms with Crippen LogP contribution in [0.4, 0.5) is 5.69 Å². The Morgan fingerprint density at radius 3 is 1.24 bits per heavy atom. The molecule has 0 fully saturated rings. The Kier molecular flexibility index (Phi) is 28.9. The summed E-state index contributed by atoms with van der Waals surface area (Å²) in [5.74, 6) is -3.37. The van der Waals surface area contributed by atoms with Crippen LogP contribution in [-0.2, 0) is 19.2 Å². The molecular formula is C54H61NO21. The van der Waals surface area contributed by atoms with Gasteiger partial charge in [-0.15, -0.1) is 0 Å². The average molecular weight is 1060 g/mol. The summed E-state index contributed by atoms with van der Waals surface area (Å²) in [4.78, 5) is 98.4. The van der Waals surface area contributed by atoms with E-state index in [2.05, 4.69) is 0 Å². The normalized spacial score (nSPS) is 10.1. The van der Waals surface area contributed by atoms with Gasteiger partial charge < -0.3 is 64.8 Å². The molecule has 0 aliphatic carbocycles. The number of hydrogen-bond acceptors (Lipinski definition) is 17. The minimum Gasteiger partial charge on any atom is -0.506 e. The molecule has 0 aliphatic rings. The molecule has 0 heterocycles. The number of rotatable bonds is 23. The second-order valence-corrected chi connectivity index (χ2v) is 15.5. The fraction of sp³-hybridized carbons (Fsp3) is 0.278. The number of aromatic hydroxyl groups is 1. The van der Waals surface area contributed by atoms with Gasteiger partial charge in [-0.3, -0.25) is 38.4 Å². The zero-order chi connectivity index (χ0) is 57.5. The number of ketones is 4. The number of hydrogen-bond donors (Lipinski definition) is 7. The summed E-state index contributed by atoms with van der Waals surface area (Å²) in [6.07, 6.45) is -0.516. The molecule has 22 heteroatoms. The highest BCUT2D eigenvalue weighted by Crippen LogP contribution is 2.29. The van der Waals surface area contributed by atoms with Crippen LogP contribution in [0.3, 0.4) is 0 Å². The van der Waals surface area contributed by atoms with Gasteiger partial charge in [-0.1, -0.05) is 6.92 Å². The van der Waals surface area contributed by atoms with Crippen LogP contribution >= 0.6 is 0 Å². The molecule has 0 radical (unpaired) electrons. The van der Waals surface area contributed by atoms with Crippen molar-refractivity contribution in [3.8, 4) is 40.2 Å². The Hall–Kier alpha value is -9.47. The first-order valence-corrected chi connectivity index (χ1v) is 22.5. The van der Waals surface area contributed by atoms with E-state index in [0.29, 0.717) is 56.8 Å². The minimum absolute atomic E-state index is 0.0155. The summed E-state index contributed by atoms with van der Waals surface area (Å²) in [6, 6.07) is 26.6. The second-order valence-electron chi connectivity index (χ2n) is 15.5. The van der Waals surface area contributed by atoms with Gasteiger partial charge in [0, 0.05) is 48.4 Å². The van der Waals surface area contributed by atoms with E-state index < -0.39 is 35.8 Å². The molecule has 5 aromatic rings. The average Bonchev–Trinajstić information content (AvgIpc) is 3.41. The first kappa shape index (κ1) is 64.5. The lowest BCUT2D eigenvalue weighted by Crippen LogP contribution is -2.14. The highest BCUT2D eigenvalue weighted by atomic mass is 16.5. The lowest BCUT2D eigenvalue weighted by atomic mass is 10.00.